The number of phosphoric acid groups is 1. The molecule has 0 saturated heterocycles. The first-order valence-electron chi connectivity index (χ1n) is 21.6. The minimum absolute atomic E-state index is 0.0317. The number of amides is 1. The molecular formula is C47H82N2O6P+. The van der Waals surface area contributed by atoms with Crippen molar-refractivity contribution in [2.75, 3.05) is 40.9 Å². The number of phosphoric ester groups is 1. The van der Waals surface area contributed by atoms with E-state index in [-0.39, 0.29) is 25.5 Å². The van der Waals surface area contributed by atoms with E-state index in [1.807, 2.05) is 33.3 Å². The van der Waals surface area contributed by atoms with Crippen LogP contribution in [-0.2, 0) is 18.4 Å². The molecule has 0 bridgehead atoms. The molecule has 56 heavy (non-hydrogen) atoms. The molecule has 0 aromatic heterocycles. The fourth-order valence-electron chi connectivity index (χ4n) is 5.37. The van der Waals surface area contributed by atoms with Gasteiger partial charge in [-0.3, -0.25) is 13.8 Å². The average molecular weight is 802 g/mol. The molecule has 0 radical (unpaired) electrons. The summed E-state index contributed by atoms with van der Waals surface area (Å²) in [7, 11) is 1.47. The standard InChI is InChI=1S/C47H81N2O6P/c1-6-8-10-12-14-16-18-20-22-23-24-25-27-28-30-32-34-36-38-40-46(50)45(44-55-56(52,53)54-43-42-49(3,4)5)48-47(51)41-39-37-35-33-31-29-26-21-19-17-15-13-11-9-7-2/h9,11,15,17,21,24-26,30-33,37-40,45-46,50H,6-8,10,12-14,16,18-20,22-23,27-29,34-36,41-44H2,1-5H3,(H-,48,51,52,53)/p+1/b11-9-,17-15-,25-24+,26-21-,32-30+,33-31-,39-37-,40-38+. The summed E-state index contributed by atoms with van der Waals surface area (Å²) in [5.41, 5.74) is 0. The highest BCUT2D eigenvalue weighted by Gasteiger charge is 2.27. The van der Waals surface area contributed by atoms with Crippen molar-refractivity contribution in [3.05, 3.63) is 97.2 Å². The molecule has 3 N–H and O–H groups in total. The zero-order valence-corrected chi connectivity index (χ0v) is 37.0. The van der Waals surface area contributed by atoms with Crippen LogP contribution in [0.25, 0.3) is 0 Å². The lowest BCUT2D eigenvalue weighted by Gasteiger charge is -2.25. The van der Waals surface area contributed by atoms with Crippen LogP contribution in [-0.4, -0.2) is 73.4 Å². The Morgan fingerprint density at radius 2 is 1.09 bits per heavy atom. The molecule has 320 valence electrons. The van der Waals surface area contributed by atoms with Crippen molar-refractivity contribution in [2.24, 2.45) is 0 Å². The van der Waals surface area contributed by atoms with E-state index < -0.39 is 20.0 Å². The lowest BCUT2D eigenvalue weighted by atomic mass is 10.1. The summed E-state index contributed by atoms with van der Waals surface area (Å²) < 4.78 is 23.4. The minimum Gasteiger partial charge on any atom is -0.387 e. The van der Waals surface area contributed by atoms with Crippen LogP contribution in [0.1, 0.15) is 142 Å². The summed E-state index contributed by atoms with van der Waals surface area (Å²) in [5.74, 6) is -0.323. The maximum Gasteiger partial charge on any atom is 0.472 e. The predicted octanol–water partition coefficient (Wildman–Crippen LogP) is 12.0. The number of hydrogen-bond donors (Lipinski definition) is 3. The predicted molar refractivity (Wildman–Crippen MR) is 239 cm³/mol. The van der Waals surface area contributed by atoms with Gasteiger partial charge in [0.1, 0.15) is 13.2 Å². The number of rotatable bonds is 37. The number of nitrogens with one attached hydrogen (secondary N) is 1. The number of likely N-dealkylation sites (N-methyl/N-ethyl adjacent to an activating group) is 1. The van der Waals surface area contributed by atoms with Gasteiger partial charge in [-0.1, -0.05) is 162 Å². The van der Waals surface area contributed by atoms with Crippen LogP contribution in [0.3, 0.4) is 0 Å². The lowest BCUT2D eigenvalue weighted by molar-refractivity contribution is -0.870. The number of aliphatic hydroxyl groups excluding tert-OH is 1. The molecule has 0 aromatic carbocycles. The fraction of sp³-hybridized carbons (Fsp3) is 0.638. The van der Waals surface area contributed by atoms with Crippen LogP contribution in [0, 0.1) is 0 Å². The molecule has 0 aliphatic heterocycles. The first-order chi connectivity index (χ1) is 27.0. The Kier molecular flexibility index (Phi) is 36.2. The zero-order valence-electron chi connectivity index (χ0n) is 36.1. The van der Waals surface area contributed by atoms with Gasteiger partial charge in [-0.05, 0) is 70.6 Å². The number of carbonyl (C=O) groups excluding carboxylic acids is 1. The third kappa shape index (κ3) is 39.6. The van der Waals surface area contributed by atoms with E-state index in [9.17, 15) is 19.4 Å². The number of hydrogen-bond acceptors (Lipinski definition) is 5. The average Bonchev–Trinajstić information content (AvgIpc) is 3.15. The highest BCUT2D eigenvalue weighted by molar-refractivity contribution is 7.47. The molecule has 0 aliphatic carbocycles. The van der Waals surface area contributed by atoms with Gasteiger partial charge < -0.3 is 19.8 Å². The Morgan fingerprint density at radius 3 is 1.61 bits per heavy atom. The van der Waals surface area contributed by atoms with Crippen molar-refractivity contribution in [1.29, 1.82) is 0 Å². The van der Waals surface area contributed by atoms with Gasteiger partial charge in [0.2, 0.25) is 5.91 Å². The maximum atomic E-state index is 12.8. The van der Waals surface area contributed by atoms with Crippen molar-refractivity contribution in [3.63, 3.8) is 0 Å². The van der Waals surface area contributed by atoms with E-state index in [0.29, 0.717) is 17.4 Å². The third-order valence-electron chi connectivity index (χ3n) is 8.79. The summed E-state index contributed by atoms with van der Waals surface area (Å²) in [6.45, 7) is 4.56. The molecule has 8 nitrogen and oxygen atoms in total. The molecule has 3 atom stereocenters. The monoisotopic (exact) mass is 802 g/mol. The number of unbranched alkanes of at least 4 members (excludes halogenated alkanes) is 11. The first kappa shape index (κ1) is 53.4. The fourth-order valence-corrected chi connectivity index (χ4v) is 6.11. The Bertz CT molecular complexity index is 1230. The van der Waals surface area contributed by atoms with Crippen LogP contribution in [0.2, 0.25) is 0 Å². The van der Waals surface area contributed by atoms with Crippen LogP contribution < -0.4 is 5.32 Å². The van der Waals surface area contributed by atoms with Gasteiger partial charge in [-0.15, -0.1) is 0 Å². The largest absolute Gasteiger partial charge is 0.472 e. The Morgan fingerprint density at radius 1 is 0.625 bits per heavy atom. The number of nitrogens with zero attached hydrogens (tertiary/aromatic N) is 1. The topological polar surface area (TPSA) is 105 Å². The van der Waals surface area contributed by atoms with Crippen molar-refractivity contribution in [2.45, 2.75) is 154 Å². The highest BCUT2D eigenvalue weighted by atomic mass is 31.2. The number of aliphatic hydroxyl groups is 1. The second kappa shape index (κ2) is 38.0. The summed E-state index contributed by atoms with van der Waals surface area (Å²) in [4.78, 5) is 23.0. The Hall–Kier alpha value is -2.58. The van der Waals surface area contributed by atoms with Gasteiger partial charge in [0.25, 0.3) is 0 Å². The van der Waals surface area contributed by atoms with Crippen LogP contribution in [0.4, 0.5) is 0 Å². The molecule has 0 spiro atoms. The van der Waals surface area contributed by atoms with Gasteiger partial charge in [0, 0.05) is 6.42 Å². The van der Waals surface area contributed by atoms with Crippen LogP contribution >= 0.6 is 7.82 Å². The quantitative estimate of drug-likeness (QED) is 0.0250. The summed E-state index contributed by atoms with van der Waals surface area (Å²) in [6, 6.07) is -0.929. The zero-order chi connectivity index (χ0) is 41.4. The number of quaternary nitrogens is 1. The van der Waals surface area contributed by atoms with E-state index in [1.54, 1.807) is 12.2 Å². The molecule has 0 heterocycles. The van der Waals surface area contributed by atoms with E-state index in [2.05, 4.69) is 92.1 Å². The van der Waals surface area contributed by atoms with Gasteiger partial charge in [0.15, 0.2) is 0 Å². The lowest BCUT2D eigenvalue weighted by Crippen LogP contribution is -2.45. The smallest absolute Gasteiger partial charge is 0.387 e. The van der Waals surface area contributed by atoms with Gasteiger partial charge in [0.05, 0.1) is 39.9 Å². The molecule has 0 rings (SSSR count). The Balaban J connectivity index is 4.68. The second-order valence-corrected chi connectivity index (χ2v) is 16.8. The second-order valence-electron chi connectivity index (χ2n) is 15.3. The van der Waals surface area contributed by atoms with Crippen LogP contribution in [0.15, 0.2) is 97.2 Å². The normalized spacial score (nSPS) is 15.3. The highest BCUT2D eigenvalue weighted by Crippen LogP contribution is 2.43. The summed E-state index contributed by atoms with van der Waals surface area (Å²) >= 11 is 0. The van der Waals surface area contributed by atoms with Gasteiger partial charge in [-0.25, -0.2) is 4.57 Å². The van der Waals surface area contributed by atoms with Crippen molar-refractivity contribution in [1.82, 2.24) is 5.32 Å². The molecule has 0 saturated carbocycles. The molecule has 0 aliphatic rings. The van der Waals surface area contributed by atoms with E-state index in [4.69, 9.17) is 9.05 Å². The van der Waals surface area contributed by atoms with Crippen molar-refractivity contribution >= 4 is 13.7 Å². The molecule has 9 heteroatoms. The number of allylic oxidation sites excluding steroid dienone is 14. The SMILES string of the molecule is CC/C=C\C/C=C\C/C=C\C/C=C\C/C=C\CC(=O)NC(COP(=O)(O)OCC[N+](C)(C)C)C(O)/C=C/CC/C=C/CC/C=C/CCCCCCCCCCC. The first-order valence-corrected chi connectivity index (χ1v) is 23.1. The molecule has 0 fully saturated rings. The van der Waals surface area contributed by atoms with E-state index >= 15 is 0 Å². The molecule has 0 aromatic rings. The van der Waals surface area contributed by atoms with Crippen LogP contribution in [0.5, 0.6) is 0 Å². The number of carbonyl (C=O) groups is 1. The van der Waals surface area contributed by atoms with E-state index in [1.165, 1.54) is 64.2 Å². The van der Waals surface area contributed by atoms with Crippen molar-refractivity contribution < 1.29 is 32.9 Å². The molecule has 3 unspecified atom stereocenters. The Labute approximate surface area is 343 Å². The summed E-state index contributed by atoms with van der Waals surface area (Å²) in [6.07, 6.45) is 53.7. The molecule has 1 amide bonds. The van der Waals surface area contributed by atoms with Gasteiger partial charge >= 0.3 is 7.82 Å². The summed E-state index contributed by atoms with van der Waals surface area (Å²) in [5, 5.41) is 13.7. The third-order valence-corrected chi connectivity index (χ3v) is 9.78. The minimum atomic E-state index is -4.38. The van der Waals surface area contributed by atoms with E-state index in [0.717, 1.165) is 51.4 Å². The maximum absolute atomic E-state index is 12.8. The van der Waals surface area contributed by atoms with Crippen molar-refractivity contribution in [3.8, 4) is 0 Å². The molecular weight excluding hydrogens is 719 g/mol. The van der Waals surface area contributed by atoms with Gasteiger partial charge in [-0.2, -0.15) is 0 Å².